The van der Waals surface area contributed by atoms with E-state index in [2.05, 4.69) is 20.7 Å². The van der Waals surface area contributed by atoms with Crippen molar-refractivity contribution in [1.29, 1.82) is 5.26 Å². The lowest BCUT2D eigenvalue weighted by Gasteiger charge is -2.27. The number of amides is 2. The predicted molar refractivity (Wildman–Crippen MR) is 134 cm³/mol. The molecule has 0 saturated carbocycles. The summed E-state index contributed by atoms with van der Waals surface area (Å²) >= 11 is 6.19. The largest absolute Gasteiger partial charge is 0.470 e. The second kappa shape index (κ2) is 10.7. The normalized spacial score (nSPS) is 18.5. The number of alkyl halides is 3. The maximum atomic E-state index is 13.5. The molecule has 1 aromatic carbocycles. The van der Waals surface area contributed by atoms with Gasteiger partial charge in [-0.3, -0.25) is 9.59 Å². The number of hydrogen-bond acceptors (Lipinski definition) is 9. The Morgan fingerprint density at radius 1 is 1.31 bits per heavy atom. The van der Waals surface area contributed by atoms with E-state index in [9.17, 15) is 36.4 Å². The zero-order chi connectivity index (χ0) is 28.5. The zero-order valence-corrected chi connectivity index (χ0v) is 21.7. The molecule has 1 saturated heterocycles. The number of pyridine rings is 1. The maximum absolute atomic E-state index is 13.5. The average Bonchev–Trinajstić information content (AvgIpc) is 3.26. The topological polar surface area (TPSA) is 154 Å². The molecular weight excluding hydrogens is 565 g/mol. The highest BCUT2D eigenvalue weighted by molar-refractivity contribution is 7.92. The molecule has 2 aliphatic heterocycles. The number of nitrogens with one attached hydrogen (secondary N) is 2. The number of nitrogens with zero attached hydrogens (tertiary/aromatic N) is 4. The SMILES string of the molecule is Cc1cc(C#N)cc(C(=O)NC2CS(=O)(=O)C2)c1NC(=O)C1CC(OCC(F)(F)F)=NN1c1ncccc1Cl. The zero-order valence-electron chi connectivity index (χ0n) is 20.1. The van der Waals surface area contributed by atoms with Gasteiger partial charge >= 0.3 is 6.18 Å². The van der Waals surface area contributed by atoms with Crippen LogP contribution in [0.2, 0.25) is 5.02 Å². The molecule has 0 spiro atoms. The molecule has 206 valence electrons. The van der Waals surface area contributed by atoms with E-state index < -0.39 is 46.5 Å². The summed E-state index contributed by atoms with van der Waals surface area (Å²) in [6, 6.07) is 5.66. The molecule has 1 fully saturated rings. The van der Waals surface area contributed by atoms with Crippen LogP contribution in [0.4, 0.5) is 24.7 Å². The molecule has 16 heteroatoms. The van der Waals surface area contributed by atoms with Crippen LogP contribution >= 0.6 is 11.6 Å². The van der Waals surface area contributed by atoms with Gasteiger partial charge in [-0.05, 0) is 36.8 Å². The minimum absolute atomic E-state index is 0.00867. The van der Waals surface area contributed by atoms with Crippen molar-refractivity contribution in [3.8, 4) is 6.07 Å². The molecule has 2 aliphatic rings. The molecule has 3 heterocycles. The van der Waals surface area contributed by atoms with Gasteiger partial charge in [-0.25, -0.2) is 18.4 Å². The first-order valence-corrected chi connectivity index (χ1v) is 13.5. The summed E-state index contributed by atoms with van der Waals surface area (Å²) in [5.41, 5.74) is 0.379. The van der Waals surface area contributed by atoms with Crippen LogP contribution in [0.5, 0.6) is 0 Å². The van der Waals surface area contributed by atoms with Crippen LogP contribution in [0, 0.1) is 18.3 Å². The number of anilines is 2. The van der Waals surface area contributed by atoms with Gasteiger partial charge in [-0.15, -0.1) is 5.10 Å². The Hall–Kier alpha value is -3.90. The van der Waals surface area contributed by atoms with Gasteiger partial charge < -0.3 is 15.4 Å². The number of rotatable bonds is 6. The third-order valence-electron chi connectivity index (χ3n) is 5.75. The van der Waals surface area contributed by atoms with Gasteiger partial charge in [-0.1, -0.05) is 11.6 Å². The van der Waals surface area contributed by atoms with Gasteiger partial charge in [-0.2, -0.15) is 18.4 Å². The first-order valence-electron chi connectivity index (χ1n) is 11.3. The number of halogens is 4. The van der Waals surface area contributed by atoms with Crippen LogP contribution in [-0.4, -0.2) is 67.5 Å². The monoisotopic (exact) mass is 584 g/mol. The number of carbonyl (C=O) groups excluding carboxylic acids is 2. The highest BCUT2D eigenvalue weighted by atomic mass is 35.5. The highest BCUT2D eigenvalue weighted by Crippen LogP contribution is 2.31. The van der Waals surface area contributed by atoms with Crippen molar-refractivity contribution in [3.05, 3.63) is 52.2 Å². The lowest BCUT2D eigenvalue weighted by molar-refractivity contribution is -0.156. The van der Waals surface area contributed by atoms with Crippen LogP contribution < -0.4 is 15.6 Å². The van der Waals surface area contributed by atoms with Crippen LogP contribution in [0.3, 0.4) is 0 Å². The van der Waals surface area contributed by atoms with E-state index in [0.717, 1.165) is 5.01 Å². The second-order valence-corrected chi connectivity index (χ2v) is 11.4. The number of aryl methyl sites for hydroxylation is 1. The van der Waals surface area contributed by atoms with E-state index in [1.165, 1.54) is 37.4 Å². The van der Waals surface area contributed by atoms with E-state index >= 15 is 0 Å². The summed E-state index contributed by atoms with van der Waals surface area (Å²) in [6.07, 6.45) is -3.66. The van der Waals surface area contributed by atoms with Crippen molar-refractivity contribution in [1.82, 2.24) is 10.3 Å². The Kier molecular flexibility index (Phi) is 7.71. The fourth-order valence-corrected chi connectivity index (χ4v) is 5.50. The standard InChI is InChI=1S/C23H20ClF3N6O5S/c1-12-5-13(8-28)6-15(21(34)30-14-9-39(36,37)10-14)19(12)31-22(35)17-7-18(38-11-23(25,26)27)32-33(17)20-16(24)3-2-4-29-20/h2-6,14,17H,7,9-11H2,1H3,(H,30,34)(H,31,35). The number of carbonyl (C=O) groups is 2. The third kappa shape index (κ3) is 6.58. The van der Waals surface area contributed by atoms with Gasteiger partial charge in [0, 0.05) is 6.20 Å². The molecule has 11 nitrogen and oxygen atoms in total. The number of hydrazone groups is 1. The van der Waals surface area contributed by atoms with E-state index in [1.807, 2.05) is 6.07 Å². The number of hydrogen-bond donors (Lipinski definition) is 2. The van der Waals surface area contributed by atoms with Crippen LogP contribution in [-0.2, 0) is 19.4 Å². The molecule has 1 aromatic heterocycles. The predicted octanol–water partition coefficient (Wildman–Crippen LogP) is 2.55. The molecule has 2 amide bonds. The van der Waals surface area contributed by atoms with Crippen molar-refractivity contribution in [3.63, 3.8) is 0 Å². The molecule has 0 radical (unpaired) electrons. The maximum Gasteiger partial charge on any atom is 0.422 e. The fourth-order valence-electron chi connectivity index (χ4n) is 3.99. The van der Waals surface area contributed by atoms with Crippen molar-refractivity contribution in [2.75, 3.05) is 28.4 Å². The third-order valence-corrected chi connectivity index (χ3v) is 7.86. The van der Waals surface area contributed by atoms with Gasteiger partial charge in [0.05, 0.1) is 51.9 Å². The first kappa shape index (κ1) is 28.1. The van der Waals surface area contributed by atoms with Crippen molar-refractivity contribution < 1.29 is 35.9 Å². The Balaban J connectivity index is 1.62. The van der Waals surface area contributed by atoms with E-state index in [-0.39, 0.29) is 51.5 Å². The van der Waals surface area contributed by atoms with Gasteiger partial charge in [0.1, 0.15) is 6.04 Å². The summed E-state index contributed by atoms with van der Waals surface area (Å²) in [5.74, 6) is -2.36. The van der Waals surface area contributed by atoms with E-state index in [4.69, 9.17) is 16.3 Å². The molecule has 4 rings (SSSR count). The quantitative estimate of drug-likeness (QED) is 0.525. The lowest BCUT2D eigenvalue weighted by Crippen LogP contribution is -2.53. The number of nitriles is 1. The first-order chi connectivity index (χ1) is 18.3. The Morgan fingerprint density at radius 2 is 2.03 bits per heavy atom. The van der Waals surface area contributed by atoms with Crippen molar-refractivity contribution in [2.45, 2.75) is 31.6 Å². The Bertz CT molecular complexity index is 1500. The summed E-state index contributed by atoms with van der Waals surface area (Å²) in [7, 11) is -3.23. The van der Waals surface area contributed by atoms with Crippen molar-refractivity contribution in [2.24, 2.45) is 5.10 Å². The summed E-state index contributed by atoms with van der Waals surface area (Å²) < 4.78 is 65.9. The minimum atomic E-state index is -4.64. The molecule has 0 aliphatic carbocycles. The molecule has 0 bridgehead atoms. The molecule has 2 aromatic rings. The number of benzene rings is 1. The van der Waals surface area contributed by atoms with Crippen LogP contribution in [0.25, 0.3) is 0 Å². The lowest BCUT2D eigenvalue weighted by atomic mass is 10.0. The smallest absolute Gasteiger partial charge is 0.422 e. The average molecular weight is 585 g/mol. The number of aromatic nitrogens is 1. The minimum Gasteiger partial charge on any atom is -0.470 e. The summed E-state index contributed by atoms with van der Waals surface area (Å²) in [5, 5.41) is 19.6. The van der Waals surface area contributed by atoms with E-state index in [0.29, 0.717) is 5.56 Å². The fraction of sp³-hybridized carbons (Fsp3) is 0.348. The van der Waals surface area contributed by atoms with Gasteiger partial charge in [0.15, 0.2) is 22.3 Å². The Labute approximate surface area is 225 Å². The second-order valence-electron chi connectivity index (χ2n) is 8.83. The van der Waals surface area contributed by atoms with Crippen LogP contribution in [0.1, 0.15) is 27.9 Å². The molecule has 1 unspecified atom stereocenters. The number of ether oxygens (including phenoxy) is 1. The summed E-state index contributed by atoms with van der Waals surface area (Å²) in [6.45, 7) is -0.0860. The number of sulfone groups is 1. The molecular formula is C23H20ClF3N6O5S. The Morgan fingerprint density at radius 3 is 2.64 bits per heavy atom. The van der Waals surface area contributed by atoms with Crippen LogP contribution in [0.15, 0.2) is 35.6 Å². The van der Waals surface area contributed by atoms with Gasteiger partial charge in [0.25, 0.3) is 5.91 Å². The van der Waals surface area contributed by atoms with Crippen molar-refractivity contribution >= 4 is 50.7 Å². The molecule has 1 atom stereocenters. The molecule has 39 heavy (non-hydrogen) atoms. The molecule has 2 N–H and O–H groups in total. The van der Waals surface area contributed by atoms with E-state index in [1.54, 1.807) is 0 Å². The summed E-state index contributed by atoms with van der Waals surface area (Å²) in [4.78, 5) is 30.5. The highest BCUT2D eigenvalue weighted by Gasteiger charge is 2.39. The van der Waals surface area contributed by atoms with Gasteiger partial charge in [0.2, 0.25) is 11.8 Å².